The normalized spacial score (nSPS) is 11.7. The molecular formula is C26H24F3N5O4. The van der Waals surface area contributed by atoms with Crippen LogP contribution in [0.4, 0.5) is 19.1 Å². The topological polar surface area (TPSA) is 132 Å². The number of nitrogen functional groups attached to an aromatic ring is 1. The lowest BCUT2D eigenvalue weighted by molar-refractivity contribution is -0.132. The molecule has 38 heavy (non-hydrogen) atoms. The Labute approximate surface area is 216 Å². The van der Waals surface area contributed by atoms with E-state index in [1.165, 1.54) is 48.7 Å². The fourth-order valence-corrected chi connectivity index (χ4v) is 3.47. The van der Waals surface area contributed by atoms with E-state index in [0.717, 1.165) is 4.90 Å². The molecule has 12 heteroatoms. The molecule has 198 valence electrons. The van der Waals surface area contributed by atoms with Gasteiger partial charge in [-0.05, 0) is 61.9 Å². The van der Waals surface area contributed by atoms with Crippen molar-refractivity contribution in [3.05, 3.63) is 77.5 Å². The summed E-state index contributed by atoms with van der Waals surface area (Å²) < 4.78 is 46.5. The molecule has 0 spiro atoms. The smallest absolute Gasteiger partial charge is 0.335 e. The minimum Gasteiger partial charge on any atom is -0.478 e. The fraction of sp³-hybridized carbons (Fsp3) is 0.192. The summed E-state index contributed by atoms with van der Waals surface area (Å²) in [7, 11) is 0. The molecule has 0 radical (unpaired) electrons. The van der Waals surface area contributed by atoms with Crippen LogP contribution in [-0.2, 0) is 9.59 Å². The molecule has 0 aliphatic rings. The Morgan fingerprint density at radius 3 is 2.47 bits per heavy atom. The molecule has 0 fully saturated rings. The van der Waals surface area contributed by atoms with Gasteiger partial charge in [0, 0.05) is 17.5 Å². The van der Waals surface area contributed by atoms with Gasteiger partial charge in [-0.25, -0.2) is 22.9 Å². The van der Waals surface area contributed by atoms with E-state index in [-0.39, 0.29) is 47.4 Å². The number of halogens is 3. The Hall–Kier alpha value is -4.74. The van der Waals surface area contributed by atoms with E-state index >= 15 is 0 Å². The molecule has 0 saturated heterocycles. The van der Waals surface area contributed by atoms with Crippen LogP contribution in [0, 0.1) is 12.7 Å². The monoisotopic (exact) mass is 527 g/mol. The average molecular weight is 528 g/mol. The van der Waals surface area contributed by atoms with Gasteiger partial charge in [-0.1, -0.05) is 6.08 Å². The maximum absolute atomic E-state index is 13.6. The third kappa shape index (κ3) is 6.93. The number of alkyl halides is 2. The first-order valence-corrected chi connectivity index (χ1v) is 11.2. The highest BCUT2D eigenvalue weighted by Gasteiger charge is 2.21. The Balaban J connectivity index is 2.03. The summed E-state index contributed by atoms with van der Waals surface area (Å²) in [5.41, 5.74) is 6.86. The maximum atomic E-state index is 13.6. The first kappa shape index (κ1) is 27.8. The maximum Gasteiger partial charge on any atom is 0.335 e. The SMILES string of the molecule is C/C=C(\C=C/N(C=O)CCOc1nc(N)nc(-c2ccc(F)cc2)c1-c1cc(C)nc(C(F)F)c1)C(=O)O. The predicted molar refractivity (Wildman–Crippen MR) is 134 cm³/mol. The molecule has 0 aliphatic heterocycles. The number of nitrogens with zero attached hydrogens (tertiary/aromatic N) is 4. The van der Waals surface area contributed by atoms with Crippen LogP contribution in [0.5, 0.6) is 5.88 Å². The van der Waals surface area contributed by atoms with E-state index in [2.05, 4.69) is 15.0 Å². The summed E-state index contributed by atoms with van der Waals surface area (Å²) in [4.78, 5) is 36.0. The van der Waals surface area contributed by atoms with Crippen molar-refractivity contribution in [2.24, 2.45) is 0 Å². The van der Waals surface area contributed by atoms with Gasteiger partial charge in [-0.2, -0.15) is 4.98 Å². The van der Waals surface area contributed by atoms with E-state index in [0.29, 0.717) is 17.7 Å². The molecule has 3 rings (SSSR count). The molecule has 0 bridgehead atoms. The van der Waals surface area contributed by atoms with Gasteiger partial charge in [0.15, 0.2) is 0 Å². The van der Waals surface area contributed by atoms with Gasteiger partial charge < -0.3 is 20.5 Å². The number of hydrogen-bond donors (Lipinski definition) is 2. The van der Waals surface area contributed by atoms with E-state index in [4.69, 9.17) is 15.6 Å². The third-order valence-electron chi connectivity index (χ3n) is 5.22. The predicted octanol–water partition coefficient (Wildman–Crippen LogP) is 4.55. The van der Waals surface area contributed by atoms with Crippen LogP contribution in [0.1, 0.15) is 24.7 Å². The molecule has 0 unspecified atom stereocenters. The number of allylic oxidation sites excluding steroid dienone is 1. The zero-order valence-corrected chi connectivity index (χ0v) is 20.4. The van der Waals surface area contributed by atoms with Crippen LogP contribution in [0.2, 0.25) is 0 Å². The van der Waals surface area contributed by atoms with Gasteiger partial charge in [-0.3, -0.25) is 9.78 Å². The number of carboxylic acids is 1. The minimum absolute atomic E-state index is 0.0104. The van der Waals surface area contributed by atoms with Crippen LogP contribution in [0.15, 0.2) is 60.3 Å². The number of aryl methyl sites for hydroxylation is 1. The number of carbonyl (C=O) groups excluding carboxylic acids is 1. The second-order valence-electron chi connectivity index (χ2n) is 7.90. The molecular weight excluding hydrogens is 503 g/mol. The first-order valence-electron chi connectivity index (χ1n) is 11.2. The van der Waals surface area contributed by atoms with Gasteiger partial charge in [-0.15, -0.1) is 0 Å². The summed E-state index contributed by atoms with van der Waals surface area (Å²) in [6.07, 6.45) is 1.54. The van der Waals surface area contributed by atoms with Crippen LogP contribution in [0.3, 0.4) is 0 Å². The van der Waals surface area contributed by atoms with Gasteiger partial charge in [0.2, 0.25) is 18.2 Å². The molecule has 0 saturated carbocycles. The van der Waals surface area contributed by atoms with E-state index in [9.17, 15) is 22.8 Å². The summed E-state index contributed by atoms with van der Waals surface area (Å²) in [6, 6.07) is 8.05. The van der Waals surface area contributed by atoms with Gasteiger partial charge in [0.25, 0.3) is 6.43 Å². The first-order chi connectivity index (χ1) is 18.1. The number of aromatic nitrogens is 3. The number of aliphatic carboxylic acids is 1. The van der Waals surface area contributed by atoms with E-state index < -0.39 is 23.9 Å². The number of amides is 1. The van der Waals surface area contributed by atoms with Crippen molar-refractivity contribution < 1.29 is 32.6 Å². The van der Waals surface area contributed by atoms with Crippen molar-refractivity contribution >= 4 is 18.3 Å². The van der Waals surface area contributed by atoms with E-state index in [1.807, 2.05) is 0 Å². The zero-order valence-electron chi connectivity index (χ0n) is 20.4. The highest BCUT2D eigenvalue weighted by Crippen LogP contribution is 2.39. The Morgan fingerprint density at radius 2 is 1.87 bits per heavy atom. The molecule has 2 heterocycles. The number of nitrogens with two attached hydrogens (primary N) is 1. The molecule has 0 aliphatic carbocycles. The van der Waals surface area contributed by atoms with Crippen molar-refractivity contribution in [2.75, 3.05) is 18.9 Å². The van der Waals surface area contributed by atoms with Crippen molar-refractivity contribution in [3.8, 4) is 28.3 Å². The number of carboxylic acid groups (broad SMARTS) is 1. The van der Waals surface area contributed by atoms with Crippen molar-refractivity contribution in [2.45, 2.75) is 20.3 Å². The van der Waals surface area contributed by atoms with Gasteiger partial charge >= 0.3 is 5.97 Å². The number of anilines is 1. The Bertz CT molecular complexity index is 1380. The number of ether oxygens (including phenoxy) is 1. The lowest BCUT2D eigenvalue weighted by Crippen LogP contribution is -2.22. The lowest BCUT2D eigenvalue weighted by atomic mass is 9.99. The number of carbonyl (C=O) groups is 2. The fourth-order valence-electron chi connectivity index (χ4n) is 3.47. The highest BCUT2D eigenvalue weighted by molar-refractivity contribution is 5.89. The van der Waals surface area contributed by atoms with Crippen LogP contribution >= 0.6 is 0 Å². The number of benzene rings is 1. The van der Waals surface area contributed by atoms with Gasteiger partial charge in [0.1, 0.15) is 18.1 Å². The van der Waals surface area contributed by atoms with Crippen LogP contribution in [-0.4, -0.2) is 50.5 Å². The Morgan fingerprint density at radius 1 is 1.16 bits per heavy atom. The van der Waals surface area contributed by atoms with Crippen LogP contribution < -0.4 is 10.5 Å². The number of rotatable bonds is 11. The summed E-state index contributed by atoms with van der Waals surface area (Å²) in [6.45, 7) is 2.96. The summed E-state index contributed by atoms with van der Waals surface area (Å²) >= 11 is 0. The van der Waals surface area contributed by atoms with Crippen molar-refractivity contribution in [1.29, 1.82) is 0 Å². The second-order valence-corrected chi connectivity index (χ2v) is 7.90. The molecule has 3 aromatic rings. The third-order valence-corrected chi connectivity index (χ3v) is 5.22. The minimum atomic E-state index is -2.84. The van der Waals surface area contributed by atoms with Crippen LogP contribution in [0.25, 0.3) is 22.4 Å². The molecule has 2 aromatic heterocycles. The average Bonchev–Trinajstić information content (AvgIpc) is 2.87. The quantitative estimate of drug-likeness (QED) is 0.211. The second kappa shape index (κ2) is 12.5. The zero-order chi connectivity index (χ0) is 27.8. The van der Waals surface area contributed by atoms with Crippen molar-refractivity contribution in [1.82, 2.24) is 19.9 Å². The molecule has 1 aromatic carbocycles. The summed E-state index contributed by atoms with van der Waals surface area (Å²) in [5.74, 6) is -1.89. The largest absolute Gasteiger partial charge is 0.478 e. The highest BCUT2D eigenvalue weighted by atomic mass is 19.3. The number of pyridine rings is 1. The molecule has 0 atom stereocenters. The van der Waals surface area contributed by atoms with E-state index in [1.54, 1.807) is 19.9 Å². The summed E-state index contributed by atoms with van der Waals surface area (Å²) in [5, 5.41) is 9.11. The standard InChI is InChI=1S/C26H24F3N5O4/c1-3-16(25(36)37)8-9-34(14-35)10-11-38-24-21(18-12-15(2)31-20(13-18)23(28)29)22(32-26(30)33-24)17-4-6-19(27)7-5-17/h3-9,12-14,23H,10-11H2,1-2H3,(H,36,37)(H2,30,32,33)/b9-8-,16-3+. The lowest BCUT2D eigenvalue weighted by Gasteiger charge is -2.18. The number of hydrogen-bond acceptors (Lipinski definition) is 7. The molecule has 1 amide bonds. The Kier molecular flexibility index (Phi) is 9.14. The molecule has 3 N–H and O–H groups in total. The van der Waals surface area contributed by atoms with Crippen molar-refractivity contribution in [3.63, 3.8) is 0 Å². The van der Waals surface area contributed by atoms with Gasteiger partial charge in [0.05, 0.1) is 23.4 Å². The molecule has 9 nitrogen and oxygen atoms in total.